The standard InChI is InChI=1S/C25H27F3N6O3/c1-23(2,3)9-19(31-20(35)15-11-30-33(12-15)14-25(26,27)28)21(36)34-13-24(8-16(34)10-29)17-6-4-5-7-18(17)32-22(24)37/h4-7,11-12,16,19H,8-9,13-14H2,1-3H3,(H,31,35)(H,32,37)/t16-,19-,24-/m0/s1. The molecule has 1 aromatic heterocycles. The van der Waals surface area contributed by atoms with E-state index in [1.54, 1.807) is 24.3 Å². The summed E-state index contributed by atoms with van der Waals surface area (Å²) >= 11 is 0. The molecule has 2 aromatic rings. The minimum atomic E-state index is -4.51. The largest absolute Gasteiger partial charge is 0.408 e. The Morgan fingerprint density at radius 3 is 2.65 bits per heavy atom. The number of para-hydroxylation sites is 1. The van der Waals surface area contributed by atoms with Gasteiger partial charge >= 0.3 is 6.18 Å². The summed E-state index contributed by atoms with van der Waals surface area (Å²) in [5.74, 6) is -1.59. The summed E-state index contributed by atoms with van der Waals surface area (Å²) in [6, 6.07) is 7.25. The molecule has 2 N–H and O–H groups in total. The van der Waals surface area contributed by atoms with Gasteiger partial charge in [-0.15, -0.1) is 0 Å². The van der Waals surface area contributed by atoms with E-state index in [2.05, 4.69) is 21.8 Å². The average molecular weight is 517 g/mol. The van der Waals surface area contributed by atoms with Gasteiger partial charge in [0.05, 0.1) is 23.2 Å². The molecule has 0 aliphatic carbocycles. The third kappa shape index (κ3) is 5.30. The Bertz CT molecular complexity index is 1280. The van der Waals surface area contributed by atoms with Crippen LogP contribution in [-0.2, 0) is 21.5 Å². The molecule has 3 heterocycles. The number of carbonyl (C=O) groups is 3. The molecule has 1 aromatic carbocycles. The van der Waals surface area contributed by atoms with E-state index in [1.165, 1.54) is 4.90 Å². The van der Waals surface area contributed by atoms with E-state index in [4.69, 9.17) is 0 Å². The number of amides is 3. The van der Waals surface area contributed by atoms with Gasteiger partial charge in [0.2, 0.25) is 11.8 Å². The molecule has 2 aliphatic rings. The minimum Gasteiger partial charge on any atom is -0.340 e. The Hall–Kier alpha value is -3.88. The van der Waals surface area contributed by atoms with E-state index >= 15 is 0 Å². The second kappa shape index (κ2) is 9.21. The van der Waals surface area contributed by atoms with Gasteiger partial charge in [-0.2, -0.15) is 23.5 Å². The molecular weight excluding hydrogens is 489 g/mol. The van der Waals surface area contributed by atoms with E-state index in [1.807, 2.05) is 20.8 Å². The van der Waals surface area contributed by atoms with E-state index in [0.29, 0.717) is 15.9 Å². The number of hydrogen-bond donors (Lipinski definition) is 2. The van der Waals surface area contributed by atoms with Gasteiger partial charge in [0.15, 0.2) is 0 Å². The number of aromatic nitrogens is 2. The fourth-order valence-corrected chi connectivity index (χ4v) is 4.99. The first-order valence-corrected chi connectivity index (χ1v) is 11.7. The molecule has 1 fully saturated rings. The number of hydrogen-bond acceptors (Lipinski definition) is 5. The number of fused-ring (bicyclic) bond motifs is 2. The van der Waals surface area contributed by atoms with Gasteiger partial charge in [0.1, 0.15) is 18.6 Å². The molecule has 1 spiro atoms. The predicted molar refractivity (Wildman–Crippen MR) is 126 cm³/mol. The fraction of sp³-hybridized carbons (Fsp3) is 0.480. The molecule has 1 saturated heterocycles. The van der Waals surface area contributed by atoms with Crippen molar-refractivity contribution in [2.45, 2.75) is 63.8 Å². The molecule has 0 radical (unpaired) electrons. The van der Waals surface area contributed by atoms with Crippen LogP contribution in [-0.4, -0.2) is 57.2 Å². The summed E-state index contributed by atoms with van der Waals surface area (Å²) in [6.45, 7) is 4.22. The van der Waals surface area contributed by atoms with E-state index in [-0.39, 0.29) is 30.9 Å². The monoisotopic (exact) mass is 516 g/mol. The van der Waals surface area contributed by atoms with Crippen molar-refractivity contribution in [1.82, 2.24) is 20.0 Å². The molecule has 3 amide bonds. The lowest BCUT2D eigenvalue weighted by atomic mass is 9.80. The maximum Gasteiger partial charge on any atom is 0.408 e. The maximum absolute atomic E-state index is 13.8. The number of carbonyl (C=O) groups excluding carboxylic acids is 3. The number of alkyl halides is 3. The first kappa shape index (κ1) is 26.2. The topological polar surface area (TPSA) is 120 Å². The van der Waals surface area contributed by atoms with Crippen LogP contribution in [0.2, 0.25) is 0 Å². The average Bonchev–Trinajstić information content (AvgIpc) is 3.48. The van der Waals surface area contributed by atoms with Crippen LogP contribution in [0.25, 0.3) is 0 Å². The molecule has 3 atom stereocenters. The first-order chi connectivity index (χ1) is 17.2. The summed E-state index contributed by atoms with van der Waals surface area (Å²) in [7, 11) is 0. The lowest BCUT2D eigenvalue weighted by molar-refractivity contribution is -0.142. The molecule has 0 bridgehead atoms. The second-order valence-electron chi connectivity index (χ2n) is 10.7. The zero-order valence-electron chi connectivity index (χ0n) is 20.6. The molecule has 0 saturated carbocycles. The third-order valence-electron chi connectivity index (χ3n) is 6.57. The highest BCUT2D eigenvalue weighted by atomic mass is 19.4. The maximum atomic E-state index is 13.8. The minimum absolute atomic E-state index is 0.0348. The Morgan fingerprint density at radius 1 is 1.30 bits per heavy atom. The number of nitrogens with one attached hydrogen (secondary N) is 2. The smallest absolute Gasteiger partial charge is 0.340 e. The van der Waals surface area contributed by atoms with Crippen molar-refractivity contribution in [1.29, 1.82) is 5.26 Å². The van der Waals surface area contributed by atoms with Crippen LogP contribution in [0.5, 0.6) is 0 Å². The summed E-state index contributed by atoms with van der Waals surface area (Å²) < 4.78 is 38.6. The van der Waals surface area contributed by atoms with Crippen LogP contribution < -0.4 is 10.6 Å². The number of rotatable bonds is 5. The van der Waals surface area contributed by atoms with Crippen molar-refractivity contribution in [3.63, 3.8) is 0 Å². The zero-order chi connectivity index (χ0) is 27.2. The van der Waals surface area contributed by atoms with Crippen LogP contribution in [0.1, 0.15) is 49.5 Å². The summed E-state index contributed by atoms with van der Waals surface area (Å²) in [5, 5.41) is 18.9. The molecule has 4 rings (SSSR count). The van der Waals surface area contributed by atoms with E-state index < -0.39 is 47.4 Å². The van der Waals surface area contributed by atoms with Crippen molar-refractivity contribution >= 4 is 23.4 Å². The molecule has 2 aliphatic heterocycles. The second-order valence-corrected chi connectivity index (χ2v) is 10.7. The van der Waals surface area contributed by atoms with Crippen LogP contribution in [0.15, 0.2) is 36.7 Å². The van der Waals surface area contributed by atoms with Crippen LogP contribution in [0.3, 0.4) is 0 Å². The van der Waals surface area contributed by atoms with Gasteiger partial charge in [-0.25, -0.2) is 0 Å². The lowest BCUT2D eigenvalue weighted by Crippen LogP contribution is -2.52. The van der Waals surface area contributed by atoms with Crippen molar-refractivity contribution in [2.24, 2.45) is 5.41 Å². The number of anilines is 1. The lowest BCUT2D eigenvalue weighted by Gasteiger charge is -2.31. The Labute approximate surface area is 211 Å². The highest BCUT2D eigenvalue weighted by molar-refractivity contribution is 6.07. The highest BCUT2D eigenvalue weighted by Crippen LogP contribution is 2.46. The normalized spacial score (nSPS) is 21.9. The number of nitrogens with zero attached hydrogens (tertiary/aromatic N) is 4. The van der Waals surface area contributed by atoms with Crippen LogP contribution >= 0.6 is 0 Å². The van der Waals surface area contributed by atoms with Crippen molar-refractivity contribution in [3.8, 4) is 6.07 Å². The van der Waals surface area contributed by atoms with Crippen molar-refractivity contribution in [3.05, 3.63) is 47.8 Å². The summed E-state index contributed by atoms with van der Waals surface area (Å²) in [6.07, 6.45) is -2.24. The summed E-state index contributed by atoms with van der Waals surface area (Å²) in [5.41, 5.74) is -0.292. The molecular formula is C25H27F3N6O3. The SMILES string of the molecule is CC(C)(C)C[C@H](NC(=O)c1cnn(CC(F)(F)F)c1)C(=O)N1C[C@]2(C[C@H]1C#N)C(=O)Nc1ccccc12. The predicted octanol–water partition coefficient (Wildman–Crippen LogP) is 2.99. The summed E-state index contributed by atoms with van der Waals surface area (Å²) in [4.78, 5) is 41.0. The van der Waals surface area contributed by atoms with Gasteiger partial charge in [0.25, 0.3) is 5.91 Å². The van der Waals surface area contributed by atoms with Crippen molar-refractivity contribution < 1.29 is 27.6 Å². The van der Waals surface area contributed by atoms with Gasteiger partial charge < -0.3 is 15.5 Å². The van der Waals surface area contributed by atoms with Crippen LogP contribution in [0, 0.1) is 16.7 Å². The molecule has 196 valence electrons. The molecule has 9 nitrogen and oxygen atoms in total. The quantitative estimate of drug-likeness (QED) is 0.633. The van der Waals surface area contributed by atoms with E-state index in [0.717, 1.165) is 12.4 Å². The number of nitriles is 1. The van der Waals surface area contributed by atoms with Gasteiger partial charge in [-0.1, -0.05) is 39.0 Å². The Balaban J connectivity index is 1.59. The number of likely N-dealkylation sites (tertiary alicyclic amines) is 1. The first-order valence-electron chi connectivity index (χ1n) is 11.7. The van der Waals surface area contributed by atoms with Gasteiger partial charge in [-0.3, -0.25) is 19.1 Å². The fourth-order valence-electron chi connectivity index (χ4n) is 4.99. The zero-order valence-corrected chi connectivity index (χ0v) is 20.6. The molecule has 0 unspecified atom stereocenters. The highest BCUT2D eigenvalue weighted by Gasteiger charge is 2.56. The number of halogens is 3. The Morgan fingerprint density at radius 2 is 2.00 bits per heavy atom. The van der Waals surface area contributed by atoms with Gasteiger partial charge in [0, 0.05) is 24.8 Å². The van der Waals surface area contributed by atoms with Crippen molar-refractivity contribution in [2.75, 3.05) is 11.9 Å². The van der Waals surface area contributed by atoms with E-state index in [9.17, 15) is 32.8 Å². The third-order valence-corrected chi connectivity index (χ3v) is 6.57. The molecule has 37 heavy (non-hydrogen) atoms. The van der Waals surface area contributed by atoms with Gasteiger partial charge in [-0.05, 0) is 23.5 Å². The number of benzene rings is 1. The van der Waals surface area contributed by atoms with Crippen LogP contribution in [0.4, 0.5) is 18.9 Å². The Kier molecular flexibility index (Phi) is 6.52. The molecule has 12 heteroatoms.